The monoisotopic (exact) mass is 315 g/mol. The van der Waals surface area contributed by atoms with Crippen LogP contribution >= 0.6 is 11.3 Å². The van der Waals surface area contributed by atoms with E-state index in [2.05, 4.69) is 4.98 Å². The van der Waals surface area contributed by atoms with Gasteiger partial charge in [-0.15, -0.1) is 0 Å². The summed E-state index contributed by atoms with van der Waals surface area (Å²) >= 11 is 1.24. The molecule has 0 aliphatic heterocycles. The van der Waals surface area contributed by atoms with E-state index in [1.807, 2.05) is 12.1 Å². The second-order valence-corrected chi connectivity index (χ2v) is 6.20. The molecule has 0 atom stereocenters. The molecule has 1 heterocycles. The van der Waals surface area contributed by atoms with Crippen LogP contribution in [0.1, 0.15) is 10.4 Å². The van der Waals surface area contributed by atoms with E-state index in [1.54, 1.807) is 32.3 Å². The highest BCUT2D eigenvalue weighted by Gasteiger charge is 2.12. The van der Waals surface area contributed by atoms with Gasteiger partial charge in [-0.05, 0) is 35.4 Å². The summed E-state index contributed by atoms with van der Waals surface area (Å²) in [6, 6.07) is 10.4. The number of hydrogen-bond acceptors (Lipinski definition) is 4. The molecular formula is C16H14FN3OS. The number of carbonyl (C=O) groups is 1. The Morgan fingerprint density at radius 3 is 2.73 bits per heavy atom. The van der Waals surface area contributed by atoms with Crippen molar-refractivity contribution in [3.63, 3.8) is 0 Å². The summed E-state index contributed by atoms with van der Waals surface area (Å²) in [4.78, 5) is 17.5. The summed E-state index contributed by atoms with van der Waals surface area (Å²) in [5.41, 5.74) is 7.96. The smallest absolute Gasteiger partial charge is 0.253 e. The standard InChI is InChI=1S/C16H14FN3OS/c1-20(2)15(21)10-5-3-4-9(6-10)11-7-12(17)14-13(8-11)22-16(18)19-14/h3-8H,1-2H3,(H2,18,19). The molecule has 0 unspecified atom stereocenters. The van der Waals surface area contributed by atoms with Gasteiger partial charge in [0.2, 0.25) is 0 Å². The fourth-order valence-electron chi connectivity index (χ4n) is 2.26. The Labute approximate surface area is 131 Å². The molecule has 2 aromatic carbocycles. The van der Waals surface area contributed by atoms with Crippen LogP contribution in [0.3, 0.4) is 0 Å². The van der Waals surface area contributed by atoms with Crippen LogP contribution in [0.5, 0.6) is 0 Å². The lowest BCUT2D eigenvalue weighted by Crippen LogP contribution is -2.21. The van der Waals surface area contributed by atoms with Crippen molar-refractivity contribution in [1.29, 1.82) is 0 Å². The molecule has 22 heavy (non-hydrogen) atoms. The van der Waals surface area contributed by atoms with Gasteiger partial charge in [0, 0.05) is 19.7 Å². The highest BCUT2D eigenvalue weighted by Crippen LogP contribution is 2.31. The zero-order valence-electron chi connectivity index (χ0n) is 12.1. The van der Waals surface area contributed by atoms with Gasteiger partial charge in [0.1, 0.15) is 5.52 Å². The number of anilines is 1. The summed E-state index contributed by atoms with van der Waals surface area (Å²) < 4.78 is 14.8. The van der Waals surface area contributed by atoms with E-state index in [0.29, 0.717) is 21.0 Å². The van der Waals surface area contributed by atoms with E-state index < -0.39 is 5.82 Å². The molecule has 3 rings (SSSR count). The number of thiazole rings is 1. The first-order chi connectivity index (χ1) is 10.5. The summed E-state index contributed by atoms with van der Waals surface area (Å²) in [5, 5.41) is 0.336. The molecule has 0 radical (unpaired) electrons. The number of nitrogen functional groups attached to an aromatic ring is 1. The predicted octanol–water partition coefficient (Wildman–Crippen LogP) is 3.39. The van der Waals surface area contributed by atoms with Crippen molar-refractivity contribution < 1.29 is 9.18 Å². The number of nitrogens with two attached hydrogens (primary N) is 1. The third-order valence-corrected chi connectivity index (χ3v) is 4.15. The summed E-state index contributed by atoms with van der Waals surface area (Å²) in [6.07, 6.45) is 0. The number of aromatic nitrogens is 1. The number of fused-ring (bicyclic) bond motifs is 1. The number of nitrogens with zero attached hydrogens (tertiary/aromatic N) is 2. The van der Waals surface area contributed by atoms with Crippen LogP contribution in [0, 0.1) is 5.82 Å². The molecule has 112 valence electrons. The summed E-state index contributed by atoms with van der Waals surface area (Å²) in [5.74, 6) is -0.504. The minimum absolute atomic E-state index is 0.0922. The average Bonchev–Trinajstić information content (AvgIpc) is 2.87. The fourth-order valence-corrected chi connectivity index (χ4v) is 3.05. The van der Waals surface area contributed by atoms with Gasteiger partial charge in [0.05, 0.1) is 4.70 Å². The van der Waals surface area contributed by atoms with E-state index in [-0.39, 0.29) is 11.4 Å². The number of amides is 1. The number of rotatable bonds is 2. The van der Waals surface area contributed by atoms with Gasteiger partial charge in [0.15, 0.2) is 10.9 Å². The Morgan fingerprint density at radius 2 is 2.00 bits per heavy atom. The molecule has 2 N–H and O–H groups in total. The second kappa shape index (κ2) is 5.38. The van der Waals surface area contributed by atoms with Crippen molar-refractivity contribution in [2.24, 2.45) is 0 Å². The van der Waals surface area contributed by atoms with Crippen molar-refractivity contribution in [1.82, 2.24) is 9.88 Å². The third-order valence-electron chi connectivity index (χ3n) is 3.31. The largest absolute Gasteiger partial charge is 0.375 e. The van der Waals surface area contributed by atoms with Crippen molar-refractivity contribution in [3.8, 4) is 11.1 Å². The van der Waals surface area contributed by atoms with Crippen molar-refractivity contribution in [2.45, 2.75) is 0 Å². The Morgan fingerprint density at radius 1 is 1.23 bits per heavy atom. The highest BCUT2D eigenvalue weighted by molar-refractivity contribution is 7.22. The van der Waals surface area contributed by atoms with Gasteiger partial charge >= 0.3 is 0 Å². The average molecular weight is 315 g/mol. The molecule has 0 saturated heterocycles. The van der Waals surface area contributed by atoms with Gasteiger partial charge in [-0.25, -0.2) is 9.37 Å². The molecule has 4 nitrogen and oxygen atoms in total. The lowest BCUT2D eigenvalue weighted by atomic mass is 10.0. The quantitative estimate of drug-likeness (QED) is 0.788. The molecule has 0 saturated carbocycles. The van der Waals surface area contributed by atoms with E-state index in [9.17, 15) is 9.18 Å². The normalized spacial score (nSPS) is 10.9. The molecule has 0 fully saturated rings. The molecular weight excluding hydrogens is 301 g/mol. The number of carbonyl (C=O) groups excluding carboxylic acids is 1. The Kier molecular flexibility index (Phi) is 3.54. The fraction of sp³-hybridized carbons (Fsp3) is 0.125. The van der Waals surface area contributed by atoms with Crippen LogP contribution in [-0.2, 0) is 0 Å². The second-order valence-electron chi connectivity index (χ2n) is 5.14. The molecule has 0 bridgehead atoms. The van der Waals surface area contributed by atoms with Gasteiger partial charge in [-0.3, -0.25) is 4.79 Å². The Bertz CT molecular complexity index is 873. The predicted molar refractivity (Wildman–Crippen MR) is 87.4 cm³/mol. The maximum atomic E-state index is 14.1. The van der Waals surface area contributed by atoms with Gasteiger partial charge in [0.25, 0.3) is 5.91 Å². The van der Waals surface area contributed by atoms with Crippen LogP contribution in [0.4, 0.5) is 9.52 Å². The molecule has 0 aliphatic carbocycles. The highest BCUT2D eigenvalue weighted by atomic mass is 32.1. The van der Waals surface area contributed by atoms with E-state index >= 15 is 0 Å². The molecule has 0 spiro atoms. The van der Waals surface area contributed by atoms with Crippen LogP contribution in [0.25, 0.3) is 21.3 Å². The molecule has 0 aliphatic rings. The Hall–Kier alpha value is -2.47. The first-order valence-corrected chi connectivity index (χ1v) is 7.45. The maximum Gasteiger partial charge on any atom is 0.253 e. The molecule has 3 aromatic rings. The van der Waals surface area contributed by atoms with Crippen molar-refractivity contribution in [2.75, 3.05) is 19.8 Å². The molecule has 6 heteroatoms. The maximum absolute atomic E-state index is 14.1. The van der Waals surface area contributed by atoms with Crippen LogP contribution in [-0.4, -0.2) is 29.9 Å². The molecule has 1 aromatic heterocycles. The third kappa shape index (κ3) is 2.53. The first-order valence-electron chi connectivity index (χ1n) is 6.63. The zero-order valence-corrected chi connectivity index (χ0v) is 12.9. The van der Waals surface area contributed by atoms with Gasteiger partial charge in [-0.2, -0.15) is 0 Å². The lowest BCUT2D eigenvalue weighted by Gasteiger charge is -2.11. The van der Waals surface area contributed by atoms with Crippen molar-refractivity contribution in [3.05, 3.63) is 47.8 Å². The van der Waals surface area contributed by atoms with Crippen LogP contribution in [0.15, 0.2) is 36.4 Å². The number of hydrogen-bond donors (Lipinski definition) is 1. The van der Waals surface area contributed by atoms with Crippen molar-refractivity contribution >= 4 is 32.6 Å². The molecule has 1 amide bonds. The minimum atomic E-state index is -0.412. The van der Waals surface area contributed by atoms with Gasteiger partial charge in [-0.1, -0.05) is 23.5 Å². The summed E-state index contributed by atoms with van der Waals surface area (Å²) in [7, 11) is 3.39. The van der Waals surface area contributed by atoms with Crippen LogP contribution < -0.4 is 5.73 Å². The topological polar surface area (TPSA) is 59.2 Å². The SMILES string of the molecule is CN(C)C(=O)c1cccc(-c2cc(F)c3nc(N)sc3c2)c1. The lowest BCUT2D eigenvalue weighted by molar-refractivity contribution is 0.0827. The number of halogens is 1. The van der Waals surface area contributed by atoms with Gasteiger partial charge < -0.3 is 10.6 Å². The number of benzene rings is 2. The Balaban J connectivity index is 2.11. The van der Waals surface area contributed by atoms with E-state index in [1.165, 1.54) is 22.3 Å². The van der Waals surface area contributed by atoms with E-state index in [4.69, 9.17) is 5.73 Å². The zero-order chi connectivity index (χ0) is 15.9. The summed E-state index contributed by atoms with van der Waals surface area (Å²) in [6.45, 7) is 0. The minimum Gasteiger partial charge on any atom is -0.375 e. The first kappa shape index (κ1) is 14.5. The van der Waals surface area contributed by atoms with E-state index in [0.717, 1.165) is 5.56 Å². The van der Waals surface area contributed by atoms with Crippen LogP contribution in [0.2, 0.25) is 0 Å².